The van der Waals surface area contributed by atoms with Gasteiger partial charge in [-0.25, -0.2) is 9.78 Å². The molecule has 1 aromatic rings. The van der Waals surface area contributed by atoms with E-state index in [0.29, 0.717) is 5.69 Å². The molecule has 8 N–H and O–H groups in total. The molecule has 3 unspecified atom stereocenters. The van der Waals surface area contributed by atoms with Gasteiger partial charge in [0.15, 0.2) is 0 Å². The van der Waals surface area contributed by atoms with Gasteiger partial charge >= 0.3 is 11.9 Å². The fourth-order valence-corrected chi connectivity index (χ4v) is 2.48. The van der Waals surface area contributed by atoms with Crippen molar-refractivity contribution in [2.24, 2.45) is 5.73 Å². The maximum absolute atomic E-state index is 12.5. The first-order valence-electron chi connectivity index (χ1n) is 8.79. The van der Waals surface area contributed by atoms with E-state index in [1.165, 1.54) is 12.5 Å². The van der Waals surface area contributed by atoms with Crippen molar-refractivity contribution in [2.75, 3.05) is 12.3 Å². The first-order chi connectivity index (χ1) is 14.1. The second kappa shape index (κ2) is 12.4. The second-order valence-corrected chi connectivity index (χ2v) is 6.60. The number of nitrogens with zero attached hydrogens (tertiary/aromatic N) is 1. The van der Waals surface area contributed by atoms with Gasteiger partial charge in [-0.2, -0.15) is 12.6 Å². The van der Waals surface area contributed by atoms with E-state index in [2.05, 4.69) is 38.5 Å². The fraction of sp³-hybridized carbons (Fsp3) is 0.500. The van der Waals surface area contributed by atoms with Gasteiger partial charge in [0.2, 0.25) is 17.7 Å². The van der Waals surface area contributed by atoms with Crippen LogP contribution in [0, 0.1) is 0 Å². The largest absolute Gasteiger partial charge is 0.481 e. The minimum atomic E-state index is -1.28. The van der Waals surface area contributed by atoms with Crippen LogP contribution in [0.25, 0.3) is 0 Å². The third-order valence-electron chi connectivity index (χ3n) is 3.86. The van der Waals surface area contributed by atoms with E-state index in [4.69, 9.17) is 15.9 Å². The molecule has 166 valence electrons. The number of carbonyl (C=O) groups excluding carboxylic acids is 3. The van der Waals surface area contributed by atoms with Gasteiger partial charge in [-0.05, 0) is 6.42 Å². The molecule has 0 aliphatic carbocycles. The molecule has 0 fully saturated rings. The molecule has 0 aliphatic rings. The number of carbonyl (C=O) groups is 5. The summed E-state index contributed by atoms with van der Waals surface area (Å²) in [6.45, 7) is -0.513. The maximum Gasteiger partial charge on any atom is 0.327 e. The Labute approximate surface area is 176 Å². The monoisotopic (exact) mass is 444 g/mol. The highest BCUT2D eigenvalue weighted by molar-refractivity contribution is 7.80. The molecule has 0 bridgehead atoms. The Morgan fingerprint density at radius 1 is 1.13 bits per heavy atom. The number of carboxylic acid groups (broad SMARTS) is 2. The molecule has 1 heterocycles. The van der Waals surface area contributed by atoms with E-state index in [9.17, 15) is 24.0 Å². The number of aliphatic carboxylic acids is 2. The van der Waals surface area contributed by atoms with E-state index < -0.39 is 54.3 Å². The van der Waals surface area contributed by atoms with Gasteiger partial charge in [-0.15, -0.1) is 0 Å². The van der Waals surface area contributed by atoms with E-state index in [1.54, 1.807) is 0 Å². The molecule has 1 rings (SSSR count). The quantitative estimate of drug-likeness (QED) is 0.148. The molecule has 0 saturated carbocycles. The number of rotatable bonds is 13. The molecule has 0 saturated heterocycles. The van der Waals surface area contributed by atoms with Gasteiger partial charge in [-0.3, -0.25) is 19.2 Å². The Bertz CT molecular complexity index is 757. The number of thiol groups is 1. The summed E-state index contributed by atoms with van der Waals surface area (Å²) in [5, 5.41) is 24.6. The lowest BCUT2D eigenvalue weighted by atomic mass is 10.1. The van der Waals surface area contributed by atoms with Gasteiger partial charge in [0, 0.05) is 30.5 Å². The lowest BCUT2D eigenvalue weighted by Gasteiger charge is -2.20. The second-order valence-electron chi connectivity index (χ2n) is 6.24. The molecule has 14 heteroatoms. The van der Waals surface area contributed by atoms with E-state index >= 15 is 0 Å². The van der Waals surface area contributed by atoms with Crippen molar-refractivity contribution in [2.45, 2.75) is 37.4 Å². The zero-order valence-electron chi connectivity index (χ0n) is 15.8. The number of hydrogen-bond donors (Lipinski definition) is 8. The van der Waals surface area contributed by atoms with Crippen LogP contribution >= 0.6 is 12.6 Å². The van der Waals surface area contributed by atoms with Gasteiger partial charge < -0.3 is 36.9 Å². The average molecular weight is 444 g/mol. The van der Waals surface area contributed by atoms with Crippen molar-refractivity contribution in [3.63, 3.8) is 0 Å². The first kappa shape index (κ1) is 24.9. The van der Waals surface area contributed by atoms with Crippen LogP contribution in [0.5, 0.6) is 0 Å². The summed E-state index contributed by atoms with van der Waals surface area (Å²) in [5.74, 6) is -4.76. The molecule has 0 aliphatic heterocycles. The minimum absolute atomic E-state index is 0.0114. The highest BCUT2D eigenvalue weighted by atomic mass is 32.1. The molecular formula is C16H24N6O7S. The van der Waals surface area contributed by atoms with Crippen LogP contribution in [0.1, 0.15) is 18.5 Å². The zero-order chi connectivity index (χ0) is 22.7. The van der Waals surface area contributed by atoms with Crippen molar-refractivity contribution in [1.82, 2.24) is 25.9 Å². The van der Waals surface area contributed by atoms with Crippen LogP contribution in [-0.2, 0) is 30.4 Å². The lowest BCUT2D eigenvalue weighted by Crippen LogP contribution is -2.54. The van der Waals surface area contributed by atoms with Crippen LogP contribution < -0.4 is 21.7 Å². The Kier molecular flexibility index (Phi) is 10.3. The molecule has 3 atom stereocenters. The summed E-state index contributed by atoms with van der Waals surface area (Å²) in [4.78, 5) is 64.6. The summed E-state index contributed by atoms with van der Waals surface area (Å²) < 4.78 is 0. The third kappa shape index (κ3) is 8.91. The summed E-state index contributed by atoms with van der Waals surface area (Å²) in [6, 6.07) is -3.52. The highest BCUT2D eigenvalue weighted by Gasteiger charge is 2.26. The predicted molar refractivity (Wildman–Crippen MR) is 105 cm³/mol. The number of hydrogen-bond acceptors (Lipinski definition) is 8. The molecule has 1 aromatic heterocycles. The Morgan fingerprint density at radius 3 is 2.37 bits per heavy atom. The zero-order valence-corrected chi connectivity index (χ0v) is 16.7. The van der Waals surface area contributed by atoms with E-state index in [-0.39, 0.29) is 25.0 Å². The number of aromatic amines is 1. The predicted octanol–water partition coefficient (Wildman–Crippen LogP) is -2.76. The van der Waals surface area contributed by atoms with Gasteiger partial charge in [0.05, 0.1) is 18.9 Å². The minimum Gasteiger partial charge on any atom is -0.481 e. The number of nitrogens with two attached hydrogens (primary N) is 1. The Balaban J connectivity index is 2.68. The molecule has 3 amide bonds. The third-order valence-corrected chi connectivity index (χ3v) is 4.22. The van der Waals surface area contributed by atoms with E-state index in [1.807, 2.05) is 0 Å². The fourth-order valence-electron chi connectivity index (χ4n) is 2.24. The van der Waals surface area contributed by atoms with Gasteiger partial charge in [-0.1, -0.05) is 0 Å². The van der Waals surface area contributed by atoms with Crippen molar-refractivity contribution in [3.8, 4) is 0 Å². The molecule has 30 heavy (non-hydrogen) atoms. The molecule has 0 aromatic carbocycles. The average Bonchev–Trinajstić information content (AvgIpc) is 3.20. The number of imidazole rings is 1. The summed E-state index contributed by atoms with van der Waals surface area (Å²) >= 11 is 3.87. The van der Waals surface area contributed by atoms with Crippen LogP contribution in [0.4, 0.5) is 0 Å². The molecule has 0 spiro atoms. The molecule has 13 nitrogen and oxygen atoms in total. The lowest BCUT2D eigenvalue weighted by molar-refractivity contribution is -0.141. The summed E-state index contributed by atoms with van der Waals surface area (Å²) in [5.41, 5.74) is 6.05. The number of amides is 3. The van der Waals surface area contributed by atoms with Crippen molar-refractivity contribution >= 4 is 42.3 Å². The number of aromatic nitrogens is 2. The molecular weight excluding hydrogens is 420 g/mol. The first-order valence-corrected chi connectivity index (χ1v) is 9.43. The van der Waals surface area contributed by atoms with Gasteiger partial charge in [0.1, 0.15) is 12.1 Å². The smallest absolute Gasteiger partial charge is 0.327 e. The van der Waals surface area contributed by atoms with Crippen LogP contribution in [-0.4, -0.2) is 80.3 Å². The summed E-state index contributed by atoms with van der Waals surface area (Å²) in [7, 11) is 0. The standard InChI is InChI=1S/C16H24N6O7S/c17-9(1-2-13(24)25)14(26)19-5-12(23)21-10(3-8-4-18-7-20-8)15(27)22-11(6-30)16(28)29/h4,7,9-11,30H,1-3,5-6,17H2,(H,18,20)(H,19,26)(H,21,23)(H,22,27)(H,24,25)(H,28,29). The normalized spacial score (nSPS) is 13.5. The number of nitrogens with one attached hydrogen (secondary N) is 4. The highest BCUT2D eigenvalue weighted by Crippen LogP contribution is 2.01. The SMILES string of the molecule is NC(CCC(=O)O)C(=O)NCC(=O)NC(Cc1cnc[nH]1)C(=O)NC(CS)C(=O)O. The Morgan fingerprint density at radius 2 is 1.83 bits per heavy atom. The topological polar surface area (TPSA) is 217 Å². The van der Waals surface area contributed by atoms with Crippen LogP contribution in [0.2, 0.25) is 0 Å². The number of carboxylic acids is 2. The maximum atomic E-state index is 12.5. The van der Waals surface area contributed by atoms with E-state index in [0.717, 1.165) is 0 Å². The van der Waals surface area contributed by atoms with Gasteiger partial charge in [0.25, 0.3) is 0 Å². The van der Waals surface area contributed by atoms with Crippen LogP contribution in [0.15, 0.2) is 12.5 Å². The molecule has 0 radical (unpaired) electrons. The van der Waals surface area contributed by atoms with Crippen LogP contribution in [0.3, 0.4) is 0 Å². The number of H-pyrrole nitrogens is 1. The van der Waals surface area contributed by atoms with Crippen molar-refractivity contribution in [1.29, 1.82) is 0 Å². The summed E-state index contributed by atoms with van der Waals surface area (Å²) in [6.07, 6.45) is 2.39. The Hall–Kier alpha value is -3.13. The van der Waals surface area contributed by atoms with Crippen molar-refractivity contribution < 1.29 is 34.2 Å². The van der Waals surface area contributed by atoms with Crippen molar-refractivity contribution in [3.05, 3.63) is 18.2 Å².